The number of carbonyl (C=O) groups is 1. The van der Waals surface area contributed by atoms with Gasteiger partial charge in [0.25, 0.3) is 0 Å². The molecule has 0 aliphatic heterocycles. The number of nitrogens with one attached hydrogen (secondary N) is 1. The Morgan fingerprint density at radius 1 is 1.54 bits per heavy atom. The smallest absolute Gasteiger partial charge is 0.746 e. The van der Waals surface area contributed by atoms with E-state index in [2.05, 4.69) is 6.58 Å². The van der Waals surface area contributed by atoms with Gasteiger partial charge in [0.2, 0.25) is 5.91 Å². The van der Waals surface area contributed by atoms with E-state index in [-0.39, 0.29) is 29.6 Å². The molecule has 0 fully saturated rings. The predicted octanol–water partition coefficient (Wildman–Crippen LogP) is -3.43. The number of carbonyl (C=O) groups excluding carboxylic acids is 1. The van der Waals surface area contributed by atoms with Crippen molar-refractivity contribution >= 4 is 16.0 Å². The zero-order valence-corrected chi connectivity index (χ0v) is 10.6. The Hall–Kier alpha value is 0.120. The van der Waals surface area contributed by atoms with Crippen molar-refractivity contribution in [1.29, 1.82) is 0 Å². The van der Waals surface area contributed by atoms with Crippen LogP contribution in [0.25, 0.3) is 0 Å². The number of hydrogen-bond donors (Lipinski definition) is 1. The Bertz CT molecular complexity index is 296. The van der Waals surface area contributed by atoms with E-state index in [1.165, 1.54) is 0 Å². The van der Waals surface area contributed by atoms with E-state index in [1.807, 2.05) is 5.32 Å². The van der Waals surface area contributed by atoms with Gasteiger partial charge in [-0.25, -0.2) is 8.42 Å². The summed E-state index contributed by atoms with van der Waals surface area (Å²) in [5.74, 6) is -0.695. The summed E-state index contributed by atoms with van der Waals surface area (Å²) in [5, 5.41) is 1.99. The fraction of sp³-hybridized carbons (Fsp3) is 0.500. The molecule has 13 heavy (non-hydrogen) atoms. The van der Waals surface area contributed by atoms with Crippen LogP contribution in [0.2, 0.25) is 0 Å². The van der Waals surface area contributed by atoms with Crippen LogP contribution >= 0.6 is 0 Å². The third-order valence-electron chi connectivity index (χ3n) is 1.23. The van der Waals surface area contributed by atoms with Gasteiger partial charge in [0.1, 0.15) is 15.0 Å². The Morgan fingerprint density at radius 3 is 2.15 bits per heavy atom. The van der Waals surface area contributed by atoms with Crippen LogP contribution in [0.3, 0.4) is 0 Å². The van der Waals surface area contributed by atoms with E-state index in [9.17, 15) is 17.8 Å². The Labute approximate surface area is 99.6 Å². The van der Waals surface area contributed by atoms with Crippen molar-refractivity contribution < 1.29 is 47.3 Å². The molecule has 0 saturated carbocycles. The Balaban J connectivity index is 0. The molecule has 0 bridgehead atoms. The summed E-state index contributed by atoms with van der Waals surface area (Å²) in [6.45, 7) is 5.33. The van der Waals surface area contributed by atoms with Crippen molar-refractivity contribution in [3.05, 3.63) is 12.7 Å². The van der Waals surface area contributed by atoms with Crippen LogP contribution in [0.5, 0.6) is 0 Å². The van der Waals surface area contributed by atoms with E-state index in [4.69, 9.17) is 0 Å². The van der Waals surface area contributed by atoms with Crippen LogP contribution < -0.4 is 34.9 Å². The van der Waals surface area contributed by atoms with Gasteiger partial charge in [-0.3, -0.25) is 4.79 Å². The van der Waals surface area contributed by atoms with Gasteiger partial charge < -0.3 is 9.87 Å². The van der Waals surface area contributed by atoms with Crippen molar-refractivity contribution in [1.82, 2.24) is 5.32 Å². The zero-order valence-electron chi connectivity index (χ0n) is 7.83. The quantitative estimate of drug-likeness (QED) is 0.302. The molecule has 0 unspecified atom stereocenters. The van der Waals surface area contributed by atoms with Crippen LogP contribution in [0.1, 0.15) is 13.8 Å². The van der Waals surface area contributed by atoms with Crippen molar-refractivity contribution in [2.75, 3.05) is 0 Å². The van der Waals surface area contributed by atoms with E-state index in [0.717, 1.165) is 19.9 Å². The van der Waals surface area contributed by atoms with Gasteiger partial charge >= 0.3 is 29.6 Å². The molecule has 0 saturated heterocycles. The summed E-state index contributed by atoms with van der Waals surface area (Å²) in [6, 6.07) is 0. The van der Waals surface area contributed by atoms with Gasteiger partial charge in [0.15, 0.2) is 0 Å². The number of amides is 1. The van der Waals surface area contributed by atoms with Gasteiger partial charge in [0.05, 0.1) is 0 Å². The molecular formula is C6H10NNaO4S. The van der Waals surface area contributed by atoms with Crippen molar-refractivity contribution in [3.63, 3.8) is 0 Å². The number of rotatable bonds is 3. The van der Waals surface area contributed by atoms with Crippen molar-refractivity contribution in [3.8, 4) is 0 Å². The SMILES string of the molecule is C=CC(=O)NC(C)(C)S(=O)(=O)[O-].[Na+]. The molecule has 7 heteroatoms. The molecule has 5 nitrogen and oxygen atoms in total. The molecule has 0 atom stereocenters. The minimum absolute atomic E-state index is 0. The molecular weight excluding hydrogens is 205 g/mol. The summed E-state index contributed by atoms with van der Waals surface area (Å²) >= 11 is 0. The molecule has 0 radical (unpaired) electrons. The van der Waals surface area contributed by atoms with Gasteiger partial charge in [-0.15, -0.1) is 0 Å². The molecule has 1 N–H and O–H groups in total. The van der Waals surface area contributed by atoms with Crippen molar-refractivity contribution in [2.24, 2.45) is 0 Å². The average molecular weight is 215 g/mol. The zero-order chi connectivity index (χ0) is 9.99. The molecule has 0 aromatic carbocycles. The third-order valence-corrected chi connectivity index (χ3v) is 2.59. The first-order valence-corrected chi connectivity index (χ1v) is 4.51. The normalized spacial score (nSPS) is 11.3. The van der Waals surface area contributed by atoms with Gasteiger partial charge in [-0.1, -0.05) is 6.58 Å². The standard InChI is InChI=1S/C6H11NO4S.Na/c1-4-5(8)7-6(2,3)12(9,10)11;/h4H,1H2,2-3H3,(H,7,8)(H,9,10,11);/q;+1/p-1. The number of hydrogen-bond acceptors (Lipinski definition) is 4. The molecule has 0 heterocycles. The molecule has 0 aromatic rings. The van der Waals surface area contributed by atoms with Crippen LogP contribution in [-0.4, -0.2) is 23.7 Å². The first-order valence-electron chi connectivity index (χ1n) is 3.11. The minimum atomic E-state index is -4.54. The summed E-state index contributed by atoms with van der Waals surface area (Å²) in [6.07, 6.45) is 0.896. The minimum Gasteiger partial charge on any atom is -0.746 e. The predicted molar refractivity (Wildman–Crippen MR) is 42.1 cm³/mol. The fourth-order valence-electron chi connectivity index (χ4n) is 0.410. The molecule has 70 valence electrons. The average Bonchev–Trinajstić information content (AvgIpc) is 1.84. The van der Waals surface area contributed by atoms with Gasteiger partial charge in [-0.05, 0) is 19.9 Å². The van der Waals surface area contributed by atoms with Crippen LogP contribution in [-0.2, 0) is 14.9 Å². The van der Waals surface area contributed by atoms with Crippen LogP contribution in [0.15, 0.2) is 12.7 Å². The van der Waals surface area contributed by atoms with Crippen LogP contribution in [0.4, 0.5) is 0 Å². The maximum absolute atomic E-state index is 10.6. The fourth-order valence-corrected chi connectivity index (χ4v) is 0.636. The first-order chi connectivity index (χ1) is 5.20. The molecule has 1 amide bonds. The largest absolute Gasteiger partial charge is 1.00 e. The maximum atomic E-state index is 10.6. The third kappa shape index (κ3) is 4.78. The Morgan fingerprint density at radius 2 is 1.92 bits per heavy atom. The van der Waals surface area contributed by atoms with E-state index in [1.54, 1.807) is 0 Å². The van der Waals surface area contributed by atoms with E-state index >= 15 is 0 Å². The molecule has 0 rings (SSSR count). The summed E-state index contributed by atoms with van der Waals surface area (Å²) < 4.78 is 31.5. The second kappa shape index (κ2) is 5.11. The first kappa shape index (κ1) is 15.6. The molecule has 0 aliphatic rings. The maximum Gasteiger partial charge on any atom is 1.00 e. The van der Waals surface area contributed by atoms with Gasteiger partial charge in [-0.2, -0.15) is 0 Å². The van der Waals surface area contributed by atoms with Crippen LogP contribution in [0, 0.1) is 0 Å². The summed E-state index contributed by atoms with van der Waals surface area (Å²) in [7, 11) is -4.54. The molecule has 0 spiro atoms. The van der Waals surface area contributed by atoms with E-state index in [0.29, 0.717) is 0 Å². The summed E-state index contributed by atoms with van der Waals surface area (Å²) in [4.78, 5) is 8.85. The monoisotopic (exact) mass is 215 g/mol. The second-order valence-electron chi connectivity index (χ2n) is 2.66. The summed E-state index contributed by atoms with van der Waals surface area (Å²) in [5.41, 5.74) is 0. The topological polar surface area (TPSA) is 86.3 Å². The van der Waals surface area contributed by atoms with Gasteiger partial charge in [0, 0.05) is 0 Å². The molecule has 0 aromatic heterocycles. The molecule has 0 aliphatic carbocycles. The van der Waals surface area contributed by atoms with E-state index < -0.39 is 20.9 Å². The van der Waals surface area contributed by atoms with Crippen molar-refractivity contribution in [2.45, 2.75) is 18.7 Å². The second-order valence-corrected chi connectivity index (χ2v) is 4.59. The Kier molecular flexibility index (Phi) is 6.13.